The Morgan fingerprint density at radius 1 is 1.04 bits per heavy atom. The fourth-order valence-corrected chi connectivity index (χ4v) is 3.22. The van der Waals surface area contributed by atoms with E-state index in [1.165, 1.54) is 12.1 Å². The lowest BCUT2D eigenvalue weighted by Gasteiger charge is -2.18. The van der Waals surface area contributed by atoms with Gasteiger partial charge in [0.1, 0.15) is 0 Å². The van der Waals surface area contributed by atoms with Crippen molar-refractivity contribution in [1.82, 2.24) is 0 Å². The standard InChI is InChI=1S/C17H9BrCl3F3O/c18-13-5-9(1-3-10(13)8-25)2-4-12(17(22,23)24)11-6-14(19)16(21)15(20)7-11/h1-8,12H/b4-2+. The number of allylic oxidation sites excluding steroid dienone is 1. The number of carbonyl (C=O) groups excluding carboxylic acids is 1. The molecule has 0 aliphatic carbocycles. The summed E-state index contributed by atoms with van der Waals surface area (Å²) in [6, 6.07) is 6.89. The molecule has 0 saturated heterocycles. The minimum absolute atomic E-state index is 0.00497. The minimum atomic E-state index is -4.54. The number of carbonyl (C=O) groups is 1. The maximum atomic E-state index is 13.4. The summed E-state index contributed by atoms with van der Waals surface area (Å²) in [6.07, 6.45) is -1.59. The van der Waals surface area contributed by atoms with E-state index < -0.39 is 12.1 Å². The normalized spacial score (nSPS) is 13.2. The highest BCUT2D eigenvalue weighted by Gasteiger charge is 2.39. The second kappa shape index (κ2) is 8.12. The molecule has 0 aromatic heterocycles. The van der Waals surface area contributed by atoms with Crippen molar-refractivity contribution in [2.75, 3.05) is 0 Å². The van der Waals surface area contributed by atoms with E-state index in [0.29, 0.717) is 21.9 Å². The third-order valence-electron chi connectivity index (χ3n) is 3.35. The van der Waals surface area contributed by atoms with E-state index in [1.807, 2.05) is 0 Å². The second-order valence-corrected chi connectivity index (χ2v) is 7.12. The smallest absolute Gasteiger partial charge is 0.298 e. The van der Waals surface area contributed by atoms with E-state index in [2.05, 4.69) is 15.9 Å². The highest BCUT2D eigenvalue weighted by Crippen LogP contribution is 2.41. The van der Waals surface area contributed by atoms with Crippen molar-refractivity contribution in [2.45, 2.75) is 12.1 Å². The third-order valence-corrected chi connectivity index (χ3v) is 5.23. The fourth-order valence-electron chi connectivity index (χ4n) is 2.11. The fraction of sp³-hybridized carbons (Fsp3) is 0.118. The maximum absolute atomic E-state index is 13.4. The first-order chi connectivity index (χ1) is 11.6. The van der Waals surface area contributed by atoms with E-state index in [1.54, 1.807) is 12.1 Å². The molecule has 0 aliphatic rings. The molecule has 0 N–H and O–H groups in total. The molecule has 1 atom stereocenters. The molecule has 0 aliphatic heterocycles. The van der Waals surface area contributed by atoms with Crippen molar-refractivity contribution in [3.05, 3.63) is 72.6 Å². The summed E-state index contributed by atoms with van der Waals surface area (Å²) < 4.78 is 40.8. The van der Waals surface area contributed by atoms with Gasteiger partial charge in [-0.3, -0.25) is 4.79 Å². The lowest BCUT2D eigenvalue weighted by atomic mass is 9.97. The van der Waals surface area contributed by atoms with Gasteiger partial charge in [-0.05, 0) is 35.4 Å². The highest BCUT2D eigenvalue weighted by atomic mass is 79.9. The topological polar surface area (TPSA) is 17.1 Å². The van der Waals surface area contributed by atoms with E-state index in [9.17, 15) is 18.0 Å². The number of rotatable bonds is 4. The summed E-state index contributed by atoms with van der Waals surface area (Å²) in [7, 11) is 0. The molecular weight excluding hydrogens is 463 g/mol. The Bertz CT molecular complexity index is 811. The third kappa shape index (κ3) is 5.00. The summed E-state index contributed by atoms with van der Waals surface area (Å²) in [6.45, 7) is 0. The molecule has 2 aromatic carbocycles. The molecule has 2 aromatic rings. The summed E-state index contributed by atoms with van der Waals surface area (Å²) in [4.78, 5) is 10.8. The van der Waals surface area contributed by atoms with Crippen LogP contribution < -0.4 is 0 Å². The molecule has 0 bridgehead atoms. The van der Waals surface area contributed by atoms with Crippen LogP contribution in [0.2, 0.25) is 15.1 Å². The van der Waals surface area contributed by atoms with E-state index in [4.69, 9.17) is 34.8 Å². The number of benzene rings is 2. The second-order valence-electron chi connectivity index (χ2n) is 5.08. The van der Waals surface area contributed by atoms with Gasteiger partial charge in [-0.25, -0.2) is 0 Å². The lowest BCUT2D eigenvalue weighted by molar-refractivity contribution is -0.139. The van der Waals surface area contributed by atoms with Crippen LogP contribution in [0.1, 0.15) is 27.4 Å². The minimum Gasteiger partial charge on any atom is -0.298 e. The lowest BCUT2D eigenvalue weighted by Crippen LogP contribution is -2.19. The van der Waals surface area contributed by atoms with Gasteiger partial charge in [0.05, 0.1) is 21.0 Å². The van der Waals surface area contributed by atoms with E-state index in [0.717, 1.165) is 18.2 Å². The van der Waals surface area contributed by atoms with Crippen LogP contribution in [-0.2, 0) is 0 Å². The van der Waals surface area contributed by atoms with Gasteiger partial charge in [0, 0.05) is 10.0 Å². The van der Waals surface area contributed by atoms with Crippen LogP contribution in [0.4, 0.5) is 13.2 Å². The first-order valence-corrected chi connectivity index (χ1v) is 8.70. The largest absolute Gasteiger partial charge is 0.399 e. The summed E-state index contributed by atoms with van der Waals surface area (Å²) >= 11 is 20.7. The Balaban J connectivity index is 2.43. The zero-order chi connectivity index (χ0) is 18.8. The van der Waals surface area contributed by atoms with E-state index in [-0.39, 0.29) is 20.6 Å². The van der Waals surface area contributed by atoms with Crippen LogP contribution in [0.25, 0.3) is 6.08 Å². The Morgan fingerprint density at radius 2 is 1.64 bits per heavy atom. The molecule has 0 saturated carbocycles. The molecule has 1 unspecified atom stereocenters. The van der Waals surface area contributed by atoms with Crippen molar-refractivity contribution < 1.29 is 18.0 Å². The molecule has 8 heteroatoms. The predicted octanol–water partition coefficient (Wildman–Crippen LogP) is 7.58. The predicted molar refractivity (Wildman–Crippen MR) is 98.8 cm³/mol. The summed E-state index contributed by atoms with van der Waals surface area (Å²) in [5, 5.41) is -0.0971. The first-order valence-electron chi connectivity index (χ1n) is 6.77. The van der Waals surface area contributed by atoms with Gasteiger partial charge in [0.2, 0.25) is 0 Å². The molecule has 132 valence electrons. The van der Waals surface area contributed by atoms with Crippen LogP contribution in [-0.4, -0.2) is 12.5 Å². The van der Waals surface area contributed by atoms with Crippen molar-refractivity contribution in [3.63, 3.8) is 0 Å². The SMILES string of the molecule is O=Cc1ccc(/C=C/C(c2cc(Cl)c(Cl)c(Cl)c2)C(F)(F)F)cc1Br. The zero-order valence-corrected chi connectivity index (χ0v) is 16.1. The number of hydrogen-bond acceptors (Lipinski definition) is 1. The van der Waals surface area contributed by atoms with Crippen molar-refractivity contribution in [2.24, 2.45) is 0 Å². The number of aldehydes is 1. The van der Waals surface area contributed by atoms with Crippen molar-refractivity contribution in [3.8, 4) is 0 Å². The molecule has 0 fully saturated rings. The Morgan fingerprint density at radius 3 is 2.12 bits per heavy atom. The highest BCUT2D eigenvalue weighted by molar-refractivity contribution is 9.10. The van der Waals surface area contributed by atoms with Crippen molar-refractivity contribution in [1.29, 1.82) is 0 Å². The van der Waals surface area contributed by atoms with Crippen LogP contribution >= 0.6 is 50.7 Å². The average molecular weight is 473 g/mol. The first kappa shape index (κ1) is 20.3. The van der Waals surface area contributed by atoms with Crippen LogP contribution in [0, 0.1) is 0 Å². The zero-order valence-electron chi connectivity index (χ0n) is 12.3. The van der Waals surface area contributed by atoms with Gasteiger partial charge in [0.15, 0.2) is 6.29 Å². The quantitative estimate of drug-likeness (QED) is 0.331. The van der Waals surface area contributed by atoms with E-state index >= 15 is 0 Å². The van der Waals surface area contributed by atoms with Crippen molar-refractivity contribution >= 4 is 63.1 Å². The molecule has 0 spiro atoms. The van der Waals surface area contributed by atoms with Gasteiger partial charge in [0.25, 0.3) is 0 Å². The van der Waals surface area contributed by atoms with Gasteiger partial charge < -0.3 is 0 Å². The summed E-state index contributed by atoms with van der Waals surface area (Å²) in [5.74, 6) is -1.91. The number of alkyl halides is 3. The molecule has 0 amide bonds. The van der Waals surface area contributed by atoms with Crippen LogP contribution in [0.3, 0.4) is 0 Å². The Hall–Kier alpha value is -1.01. The van der Waals surface area contributed by atoms with Gasteiger partial charge >= 0.3 is 6.18 Å². The number of hydrogen-bond donors (Lipinski definition) is 0. The molecule has 0 heterocycles. The number of halogens is 7. The summed E-state index contributed by atoms with van der Waals surface area (Å²) in [5.41, 5.74) is 0.783. The molecule has 2 rings (SSSR count). The van der Waals surface area contributed by atoms with Gasteiger partial charge in [-0.2, -0.15) is 13.2 Å². The molecule has 1 nitrogen and oxygen atoms in total. The maximum Gasteiger partial charge on any atom is 0.399 e. The van der Waals surface area contributed by atoms with Crippen LogP contribution in [0.5, 0.6) is 0 Å². The molecule has 25 heavy (non-hydrogen) atoms. The van der Waals surface area contributed by atoms with Crippen LogP contribution in [0.15, 0.2) is 40.9 Å². The average Bonchev–Trinajstić information content (AvgIpc) is 2.51. The molecule has 0 radical (unpaired) electrons. The van der Waals surface area contributed by atoms with Gasteiger partial charge in [-0.15, -0.1) is 0 Å². The Labute approximate surface area is 165 Å². The van der Waals surface area contributed by atoms with Gasteiger partial charge in [-0.1, -0.05) is 69.0 Å². The molecular formula is C17H9BrCl3F3O. The Kier molecular flexibility index (Phi) is 6.60. The monoisotopic (exact) mass is 470 g/mol.